The van der Waals surface area contributed by atoms with Gasteiger partial charge in [-0.05, 0) is 36.0 Å². The van der Waals surface area contributed by atoms with Crippen molar-refractivity contribution in [3.8, 4) is 0 Å². The molecule has 1 N–H and O–H groups in total. The lowest BCUT2D eigenvalue weighted by Crippen LogP contribution is -2.34. The Morgan fingerprint density at radius 2 is 1.83 bits per heavy atom. The van der Waals surface area contributed by atoms with Gasteiger partial charge in [-0.25, -0.2) is 0 Å². The van der Waals surface area contributed by atoms with Crippen LogP contribution in [0.15, 0.2) is 54.6 Å². The van der Waals surface area contributed by atoms with Crippen molar-refractivity contribution in [3.05, 3.63) is 71.3 Å². The molecule has 3 rings (SSSR count). The zero-order valence-electron chi connectivity index (χ0n) is 13.5. The number of carbonyl (C=O) groups is 1. The molecule has 0 radical (unpaired) electrons. The average molecular weight is 309 g/mol. The van der Waals surface area contributed by atoms with E-state index in [0.717, 1.165) is 12.0 Å². The maximum absolute atomic E-state index is 12.8. The molecule has 0 spiro atoms. The van der Waals surface area contributed by atoms with Crippen molar-refractivity contribution in [2.24, 2.45) is 5.92 Å². The third-order valence-corrected chi connectivity index (χ3v) is 4.59. The molecular weight excluding hydrogens is 286 g/mol. The minimum atomic E-state index is 0.000322. The van der Waals surface area contributed by atoms with Gasteiger partial charge in [-0.15, -0.1) is 0 Å². The molecule has 0 heterocycles. The van der Waals surface area contributed by atoms with E-state index in [4.69, 9.17) is 0 Å². The third kappa shape index (κ3) is 3.62. The van der Waals surface area contributed by atoms with E-state index in [1.807, 2.05) is 42.5 Å². The van der Waals surface area contributed by atoms with Crippen LogP contribution in [-0.4, -0.2) is 29.1 Å². The van der Waals surface area contributed by atoms with Crippen LogP contribution in [0.1, 0.15) is 29.0 Å². The molecule has 1 amide bonds. The van der Waals surface area contributed by atoms with Gasteiger partial charge in [0, 0.05) is 19.0 Å². The van der Waals surface area contributed by atoms with Crippen LogP contribution in [0.4, 0.5) is 0 Å². The van der Waals surface area contributed by atoms with Crippen molar-refractivity contribution in [2.45, 2.75) is 25.8 Å². The SMILES string of the molecule is Cc1ccccc1C1CC1C(=O)N(CCO)Cc1ccccc1. The van der Waals surface area contributed by atoms with Gasteiger partial charge in [0.25, 0.3) is 0 Å². The fourth-order valence-electron chi connectivity index (χ4n) is 3.24. The minimum absolute atomic E-state index is 0.000322. The van der Waals surface area contributed by atoms with Crippen LogP contribution in [0.3, 0.4) is 0 Å². The van der Waals surface area contributed by atoms with Gasteiger partial charge >= 0.3 is 0 Å². The lowest BCUT2D eigenvalue weighted by molar-refractivity contribution is -0.133. The molecule has 1 aliphatic carbocycles. The normalized spacial score (nSPS) is 19.4. The van der Waals surface area contributed by atoms with Crippen LogP contribution in [0.5, 0.6) is 0 Å². The Kier molecular flexibility index (Phi) is 4.77. The molecule has 23 heavy (non-hydrogen) atoms. The summed E-state index contributed by atoms with van der Waals surface area (Å²) in [6, 6.07) is 18.3. The number of aliphatic hydroxyl groups excluding tert-OH is 1. The summed E-state index contributed by atoms with van der Waals surface area (Å²) < 4.78 is 0. The lowest BCUT2D eigenvalue weighted by atomic mass is 10.0. The zero-order chi connectivity index (χ0) is 16.2. The second-order valence-corrected chi connectivity index (χ2v) is 6.27. The number of hydrogen-bond acceptors (Lipinski definition) is 2. The molecule has 1 saturated carbocycles. The summed E-state index contributed by atoms with van der Waals surface area (Å²) in [6.45, 7) is 3.06. The zero-order valence-corrected chi connectivity index (χ0v) is 13.5. The van der Waals surface area contributed by atoms with Gasteiger partial charge in [-0.1, -0.05) is 54.6 Å². The highest BCUT2D eigenvalue weighted by Crippen LogP contribution is 2.49. The van der Waals surface area contributed by atoms with E-state index >= 15 is 0 Å². The number of aryl methyl sites for hydroxylation is 1. The summed E-state index contributed by atoms with van der Waals surface area (Å²) >= 11 is 0. The fourth-order valence-corrected chi connectivity index (χ4v) is 3.24. The first-order valence-corrected chi connectivity index (χ1v) is 8.20. The fraction of sp³-hybridized carbons (Fsp3) is 0.350. The summed E-state index contributed by atoms with van der Waals surface area (Å²) in [7, 11) is 0. The van der Waals surface area contributed by atoms with E-state index in [0.29, 0.717) is 19.0 Å². The Labute approximate surface area is 137 Å². The van der Waals surface area contributed by atoms with Crippen LogP contribution < -0.4 is 0 Å². The van der Waals surface area contributed by atoms with Crippen molar-refractivity contribution in [1.82, 2.24) is 4.90 Å². The Bertz CT molecular complexity index is 668. The summed E-state index contributed by atoms with van der Waals surface area (Å²) in [6.07, 6.45) is 0.917. The van der Waals surface area contributed by atoms with Gasteiger partial charge < -0.3 is 10.0 Å². The van der Waals surface area contributed by atoms with E-state index in [1.165, 1.54) is 11.1 Å². The Hall–Kier alpha value is -2.13. The Morgan fingerprint density at radius 3 is 2.52 bits per heavy atom. The molecule has 0 aliphatic heterocycles. The van der Waals surface area contributed by atoms with Gasteiger partial charge in [0.15, 0.2) is 0 Å². The third-order valence-electron chi connectivity index (χ3n) is 4.59. The van der Waals surface area contributed by atoms with Gasteiger partial charge in [0.2, 0.25) is 5.91 Å². The van der Waals surface area contributed by atoms with Gasteiger partial charge in [0.05, 0.1) is 6.61 Å². The second kappa shape index (κ2) is 6.97. The van der Waals surface area contributed by atoms with Crippen molar-refractivity contribution in [1.29, 1.82) is 0 Å². The Morgan fingerprint density at radius 1 is 1.13 bits per heavy atom. The number of amides is 1. The van der Waals surface area contributed by atoms with Crippen LogP contribution in [0, 0.1) is 12.8 Å². The number of carbonyl (C=O) groups excluding carboxylic acids is 1. The predicted molar refractivity (Wildman–Crippen MR) is 91.0 cm³/mol. The number of nitrogens with zero attached hydrogens (tertiary/aromatic N) is 1. The average Bonchev–Trinajstić information content (AvgIpc) is 3.36. The van der Waals surface area contributed by atoms with Crippen LogP contribution in [0.2, 0.25) is 0 Å². The molecule has 2 atom stereocenters. The predicted octanol–water partition coefficient (Wildman–Crippen LogP) is 3.12. The van der Waals surface area contributed by atoms with Crippen LogP contribution in [0.25, 0.3) is 0 Å². The van der Waals surface area contributed by atoms with Crippen LogP contribution in [-0.2, 0) is 11.3 Å². The molecule has 0 aromatic heterocycles. The lowest BCUT2D eigenvalue weighted by Gasteiger charge is -2.22. The number of aliphatic hydroxyl groups is 1. The van der Waals surface area contributed by atoms with E-state index in [2.05, 4.69) is 19.1 Å². The first-order valence-electron chi connectivity index (χ1n) is 8.20. The molecule has 1 aliphatic rings. The van der Waals surface area contributed by atoms with Gasteiger partial charge in [0.1, 0.15) is 0 Å². The molecule has 1 fully saturated rings. The Balaban J connectivity index is 1.69. The largest absolute Gasteiger partial charge is 0.395 e. The highest BCUT2D eigenvalue weighted by molar-refractivity contribution is 5.83. The first kappa shape index (κ1) is 15.8. The standard InChI is InChI=1S/C20H23NO2/c1-15-7-5-6-10-17(15)18-13-19(18)20(23)21(11-12-22)14-16-8-3-2-4-9-16/h2-10,18-19,22H,11-14H2,1H3. The van der Waals surface area contributed by atoms with Crippen molar-refractivity contribution >= 4 is 5.91 Å². The smallest absolute Gasteiger partial charge is 0.226 e. The number of hydrogen-bond donors (Lipinski definition) is 1. The molecule has 120 valence electrons. The quantitative estimate of drug-likeness (QED) is 0.890. The van der Waals surface area contributed by atoms with Crippen LogP contribution >= 0.6 is 0 Å². The molecule has 3 nitrogen and oxygen atoms in total. The first-order chi connectivity index (χ1) is 11.2. The molecule has 2 aromatic carbocycles. The monoisotopic (exact) mass is 309 g/mol. The molecule has 3 heteroatoms. The van der Waals surface area contributed by atoms with E-state index in [1.54, 1.807) is 4.90 Å². The molecular formula is C20H23NO2. The summed E-state index contributed by atoms with van der Waals surface area (Å²) in [5.41, 5.74) is 3.64. The van der Waals surface area contributed by atoms with E-state index in [-0.39, 0.29) is 18.4 Å². The highest BCUT2D eigenvalue weighted by atomic mass is 16.3. The molecule has 2 aromatic rings. The highest BCUT2D eigenvalue weighted by Gasteiger charge is 2.46. The van der Waals surface area contributed by atoms with Crippen molar-refractivity contribution < 1.29 is 9.90 Å². The maximum atomic E-state index is 12.8. The summed E-state index contributed by atoms with van der Waals surface area (Å²) in [5, 5.41) is 9.30. The van der Waals surface area contributed by atoms with Gasteiger partial charge in [-0.3, -0.25) is 4.79 Å². The molecule has 0 saturated heterocycles. The van der Waals surface area contributed by atoms with Crippen molar-refractivity contribution in [2.75, 3.05) is 13.2 Å². The molecule has 0 bridgehead atoms. The summed E-state index contributed by atoms with van der Waals surface area (Å²) in [5.74, 6) is 0.559. The topological polar surface area (TPSA) is 40.5 Å². The van der Waals surface area contributed by atoms with Crippen molar-refractivity contribution in [3.63, 3.8) is 0 Å². The van der Waals surface area contributed by atoms with E-state index in [9.17, 15) is 9.90 Å². The molecule has 2 unspecified atom stereocenters. The second-order valence-electron chi connectivity index (χ2n) is 6.27. The summed E-state index contributed by atoms with van der Waals surface area (Å²) in [4.78, 5) is 14.6. The number of benzene rings is 2. The van der Waals surface area contributed by atoms with E-state index < -0.39 is 0 Å². The van der Waals surface area contributed by atoms with Gasteiger partial charge in [-0.2, -0.15) is 0 Å². The number of rotatable bonds is 6. The minimum Gasteiger partial charge on any atom is -0.395 e. The maximum Gasteiger partial charge on any atom is 0.226 e.